The largest absolute Gasteiger partial charge is 0.501 e. The molecule has 1 rings (SSSR count). The minimum absolute atomic E-state index is 0.537. The summed E-state index contributed by atoms with van der Waals surface area (Å²) < 4.78 is 58.8. The van der Waals surface area contributed by atoms with Crippen molar-refractivity contribution in [2.75, 3.05) is 0 Å². The van der Waals surface area contributed by atoms with Crippen LogP contribution in [0.3, 0.4) is 0 Å². The molecule has 1 aromatic rings. The summed E-state index contributed by atoms with van der Waals surface area (Å²) in [5.41, 5.74) is -4.71. The van der Waals surface area contributed by atoms with Gasteiger partial charge in [-0.05, 0) is 18.1 Å². The molecule has 0 aliphatic heterocycles. The Morgan fingerprint density at radius 2 is 2.00 bits per heavy atom. The fourth-order valence-electron chi connectivity index (χ4n) is 1.21. The number of hydrogen-bond acceptors (Lipinski definition) is 2. The predicted molar refractivity (Wildman–Crippen MR) is 52.5 cm³/mol. The van der Waals surface area contributed by atoms with E-state index in [1.54, 1.807) is 6.07 Å². The number of alkyl halides is 3. The summed E-state index contributed by atoms with van der Waals surface area (Å²) in [4.78, 5) is -0.814. The molecule has 0 atom stereocenters. The van der Waals surface area contributed by atoms with Gasteiger partial charge in [0, 0.05) is 6.07 Å². The molecule has 0 bridgehead atoms. The minimum atomic E-state index is -5.27. The molecule has 6 heteroatoms. The summed E-state index contributed by atoms with van der Waals surface area (Å²) in [5, 5.41) is 0. The van der Waals surface area contributed by atoms with Crippen LogP contribution in [0.15, 0.2) is 23.1 Å². The maximum atomic E-state index is 12.2. The van der Waals surface area contributed by atoms with E-state index in [4.69, 9.17) is 0 Å². The zero-order chi connectivity index (χ0) is 12.4. The van der Waals surface area contributed by atoms with Crippen molar-refractivity contribution in [3.8, 4) is 0 Å². The average molecular weight is 251 g/mol. The van der Waals surface area contributed by atoms with Crippen LogP contribution >= 0.6 is 0 Å². The quantitative estimate of drug-likeness (QED) is 0.827. The summed E-state index contributed by atoms with van der Waals surface area (Å²) >= 11 is 0. The molecule has 1 aromatic carbocycles. The number of rotatable bonds is 3. The standard InChI is InChI=1S/C10H10F3O2S/c1-2-4-8-5-3-6-9(7-8)16(14,15)10(11,12)13/h3,5,7H,2,4H2,1H3. The molecule has 0 aromatic heterocycles. The highest BCUT2D eigenvalue weighted by molar-refractivity contribution is 7.92. The van der Waals surface area contributed by atoms with Crippen LogP contribution in [0.25, 0.3) is 0 Å². The zero-order valence-corrected chi connectivity index (χ0v) is 9.32. The Kier molecular flexibility index (Phi) is 3.62. The van der Waals surface area contributed by atoms with Crippen LogP contribution in [-0.4, -0.2) is 13.9 Å². The monoisotopic (exact) mass is 251 g/mol. The molecule has 0 unspecified atom stereocenters. The molecule has 0 aliphatic rings. The van der Waals surface area contributed by atoms with Crippen LogP contribution in [0.2, 0.25) is 0 Å². The Balaban J connectivity index is 3.20. The predicted octanol–water partition coefficient (Wildman–Crippen LogP) is 2.73. The Bertz CT molecular complexity index is 463. The third-order valence-electron chi connectivity index (χ3n) is 1.97. The van der Waals surface area contributed by atoms with Gasteiger partial charge in [-0.1, -0.05) is 25.5 Å². The van der Waals surface area contributed by atoms with Crippen LogP contribution in [0, 0.1) is 6.07 Å². The van der Waals surface area contributed by atoms with E-state index in [1.165, 1.54) is 6.07 Å². The van der Waals surface area contributed by atoms with Gasteiger partial charge in [0.2, 0.25) is 0 Å². The zero-order valence-electron chi connectivity index (χ0n) is 8.50. The number of benzene rings is 1. The SMILES string of the molecule is CCCc1cc[c]c(S(=O)(=O)C(F)(F)F)c1. The highest BCUT2D eigenvalue weighted by Gasteiger charge is 2.46. The van der Waals surface area contributed by atoms with E-state index in [2.05, 4.69) is 6.07 Å². The highest BCUT2D eigenvalue weighted by atomic mass is 32.2. The lowest BCUT2D eigenvalue weighted by Gasteiger charge is -2.08. The first kappa shape index (κ1) is 13.0. The van der Waals surface area contributed by atoms with Crippen molar-refractivity contribution < 1.29 is 21.6 Å². The smallest absolute Gasteiger partial charge is 0.214 e. The van der Waals surface area contributed by atoms with Crippen molar-refractivity contribution in [1.29, 1.82) is 0 Å². The van der Waals surface area contributed by atoms with Gasteiger partial charge >= 0.3 is 5.51 Å². The second kappa shape index (κ2) is 4.45. The molecule has 16 heavy (non-hydrogen) atoms. The van der Waals surface area contributed by atoms with Gasteiger partial charge in [-0.2, -0.15) is 13.2 Å². The molecule has 0 aliphatic carbocycles. The fraction of sp³-hybridized carbons (Fsp3) is 0.400. The minimum Gasteiger partial charge on any atom is -0.214 e. The second-order valence-corrected chi connectivity index (χ2v) is 5.17. The van der Waals surface area contributed by atoms with Gasteiger partial charge in [0.15, 0.2) is 0 Å². The van der Waals surface area contributed by atoms with Crippen molar-refractivity contribution in [3.63, 3.8) is 0 Å². The van der Waals surface area contributed by atoms with Crippen LogP contribution < -0.4 is 0 Å². The molecule has 0 spiro atoms. The maximum absolute atomic E-state index is 12.2. The molecule has 89 valence electrons. The molecule has 0 heterocycles. The van der Waals surface area contributed by atoms with Gasteiger partial charge in [-0.15, -0.1) is 0 Å². The van der Waals surface area contributed by atoms with E-state index >= 15 is 0 Å². The van der Waals surface area contributed by atoms with E-state index in [9.17, 15) is 21.6 Å². The number of hydrogen-bond donors (Lipinski definition) is 0. The summed E-state index contributed by atoms with van der Waals surface area (Å²) in [6.07, 6.45) is 1.27. The number of aryl methyl sites for hydroxylation is 1. The number of halogens is 3. The summed E-state index contributed by atoms with van der Waals surface area (Å²) in [7, 11) is -5.27. The molecule has 0 fully saturated rings. The van der Waals surface area contributed by atoms with Gasteiger partial charge in [-0.3, -0.25) is 0 Å². The third-order valence-corrected chi connectivity index (χ3v) is 3.40. The molecule has 0 saturated heterocycles. The summed E-state index contributed by atoms with van der Waals surface area (Å²) in [5.74, 6) is 0. The lowest BCUT2D eigenvalue weighted by atomic mass is 10.1. The Morgan fingerprint density at radius 1 is 1.38 bits per heavy atom. The van der Waals surface area contributed by atoms with Gasteiger partial charge in [-0.25, -0.2) is 8.42 Å². The lowest BCUT2D eigenvalue weighted by Crippen LogP contribution is -2.23. The first-order valence-corrected chi connectivity index (χ1v) is 6.09. The van der Waals surface area contributed by atoms with Crippen LogP contribution in [-0.2, 0) is 16.3 Å². The van der Waals surface area contributed by atoms with Gasteiger partial charge < -0.3 is 0 Å². The molecule has 0 saturated carbocycles. The molecule has 0 N–H and O–H groups in total. The van der Waals surface area contributed by atoms with Gasteiger partial charge in [0.25, 0.3) is 9.84 Å². The number of sulfone groups is 1. The first-order valence-electron chi connectivity index (χ1n) is 4.61. The maximum Gasteiger partial charge on any atom is 0.501 e. The molecular weight excluding hydrogens is 241 g/mol. The summed E-state index contributed by atoms with van der Waals surface area (Å²) in [6.45, 7) is 1.86. The van der Waals surface area contributed by atoms with Crippen LogP contribution in [0.1, 0.15) is 18.9 Å². The van der Waals surface area contributed by atoms with Crippen LogP contribution in [0.5, 0.6) is 0 Å². The van der Waals surface area contributed by atoms with E-state index in [-0.39, 0.29) is 0 Å². The van der Waals surface area contributed by atoms with Crippen LogP contribution in [0.4, 0.5) is 13.2 Å². The van der Waals surface area contributed by atoms with Crippen molar-refractivity contribution in [2.24, 2.45) is 0 Å². The van der Waals surface area contributed by atoms with E-state index in [0.29, 0.717) is 12.0 Å². The van der Waals surface area contributed by atoms with E-state index in [0.717, 1.165) is 12.5 Å². The highest BCUT2D eigenvalue weighted by Crippen LogP contribution is 2.30. The van der Waals surface area contributed by atoms with Gasteiger partial charge in [0.1, 0.15) is 0 Å². The van der Waals surface area contributed by atoms with E-state index < -0.39 is 20.2 Å². The fourth-order valence-corrected chi connectivity index (χ4v) is 1.99. The molecule has 1 radical (unpaired) electrons. The molecule has 0 amide bonds. The lowest BCUT2D eigenvalue weighted by molar-refractivity contribution is -0.0436. The van der Waals surface area contributed by atoms with Crippen molar-refractivity contribution in [1.82, 2.24) is 0 Å². The van der Waals surface area contributed by atoms with E-state index in [1.807, 2.05) is 6.92 Å². The Morgan fingerprint density at radius 3 is 2.50 bits per heavy atom. The van der Waals surface area contributed by atoms with Gasteiger partial charge in [0.05, 0.1) is 4.90 Å². The molecule has 2 nitrogen and oxygen atoms in total. The first-order chi connectivity index (χ1) is 7.29. The Hall–Kier alpha value is -1.04. The van der Waals surface area contributed by atoms with Crippen molar-refractivity contribution in [3.05, 3.63) is 29.8 Å². The topological polar surface area (TPSA) is 34.1 Å². The summed E-state index contributed by atoms with van der Waals surface area (Å²) in [6, 6.07) is 5.88. The second-order valence-electron chi connectivity index (χ2n) is 3.26. The molecular formula is C10H10F3O2S. The third kappa shape index (κ3) is 2.55. The average Bonchev–Trinajstić information content (AvgIpc) is 2.17. The van der Waals surface area contributed by atoms with Crippen molar-refractivity contribution >= 4 is 9.84 Å². The Labute approximate surface area is 92.0 Å². The normalized spacial score (nSPS) is 12.8. The van der Waals surface area contributed by atoms with Crippen molar-refractivity contribution in [2.45, 2.75) is 30.2 Å².